The minimum atomic E-state index is -3.18. The molecule has 1 atom stereocenters. The minimum absolute atomic E-state index is 0.0257. The van der Waals surface area contributed by atoms with E-state index in [0.717, 1.165) is 16.3 Å². The summed E-state index contributed by atoms with van der Waals surface area (Å²) in [7, 11) is -3.18. The van der Waals surface area contributed by atoms with Crippen LogP contribution in [0.15, 0.2) is 76.9 Å². The van der Waals surface area contributed by atoms with Crippen LogP contribution in [0.3, 0.4) is 0 Å². The lowest BCUT2D eigenvalue weighted by molar-refractivity contribution is 0.602. The van der Waals surface area contributed by atoms with Gasteiger partial charge in [-0.25, -0.2) is 13.4 Å². The largest absolute Gasteiger partial charge is 0.362 e. The highest BCUT2D eigenvalue weighted by atomic mass is 32.2. The number of anilines is 1. The van der Waals surface area contributed by atoms with E-state index in [1.54, 1.807) is 36.3 Å². The third kappa shape index (κ3) is 5.55. The first-order chi connectivity index (χ1) is 12.9. The molecule has 27 heavy (non-hydrogen) atoms. The van der Waals surface area contributed by atoms with Gasteiger partial charge in [0, 0.05) is 18.1 Å². The summed E-state index contributed by atoms with van der Waals surface area (Å²) >= 11 is 1.63. The summed E-state index contributed by atoms with van der Waals surface area (Å²) in [6.07, 6.45) is 4.65. The molecule has 2 aromatic carbocycles. The van der Waals surface area contributed by atoms with Gasteiger partial charge in [0.25, 0.3) is 0 Å². The van der Waals surface area contributed by atoms with Gasteiger partial charge >= 0.3 is 0 Å². The molecule has 0 spiro atoms. The molecule has 5 nitrogen and oxygen atoms in total. The fourth-order valence-electron chi connectivity index (χ4n) is 2.53. The normalized spacial score (nSPS) is 12.5. The summed E-state index contributed by atoms with van der Waals surface area (Å²) in [4.78, 5) is 9.19. The summed E-state index contributed by atoms with van der Waals surface area (Å²) in [5.74, 6) is 1.52. The van der Waals surface area contributed by atoms with Crippen molar-refractivity contribution in [3.63, 3.8) is 0 Å². The van der Waals surface area contributed by atoms with E-state index in [-0.39, 0.29) is 6.04 Å². The number of thioether (sulfide) groups is 1. The highest BCUT2D eigenvalue weighted by molar-refractivity contribution is 7.98. The van der Waals surface area contributed by atoms with Crippen LogP contribution >= 0.6 is 11.8 Å². The van der Waals surface area contributed by atoms with Crippen molar-refractivity contribution in [1.82, 2.24) is 9.97 Å². The number of hydrogen-bond donors (Lipinski definition) is 1. The molecule has 3 aromatic rings. The predicted octanol–water partition coefficient (Wildman–Crippen LogP) is 4.35. The highest BCUT2D eigenvalue weighted by Gasteiger charge is 2.10. The van der Waals surface area contributed by atoms with Crippen LogP contribution in [0, 0.1) is 0 Å². The molecule has 0 amide bonds. The smallest absolute Gasteiger partial charge is 0.175 e. The van der Waals surface area contributed by atoms with Gasteiger partial charge in [-0.05, 0) is 30.2 Å². The maximum atomic E-state index is 11.6. The van der Waals surface area contributed by atoms with Crippen LogP contribution in [0.2, 0.25) is 0 Å². The van der Waals surface area contributed by atoms with Crippen LogP contribution in [0.25, 0.3) is 0 Å². The van der Waals surface area contributed by atoms with Gasteiger partial charge in [-0.3, -0.25) is 4.98 Å². The number of hydrogen-bond acceptors (Lipinski definition) is 6. The quantitative estimate of drug-likeness (QED) is 0.596. The van der Waals surface area contributed by atoms with Crippen molar-refractivity contribution >= 4 is 27.4 Å². The Morgan fingerprint density at radius 3 is 2.41 bits per heavy atom. The maximum absolute atomic E-state index is 11.6. The van der Waals surface area contributed by atoms with Crippen molar-refractivity contribution in [1.29, 1.82) is 0 Å². The molecule has 0 bridgehead atoms. The van der Waals surface area contributed by atoms with Gasteiger partial charge < -0.3 is 5.32 Å². The topological polar surface area (TPSA) is 72.0 Å². The van der Waals surface area contributed by atoms with E-state index in [1.165, 1.54) is 11.8 Å². The molecule has 0 saturated heterocycles. The Morgan fingerprint density at radius 1 is 1.04 bits per heavy atom. The second-order valence-electron chi connectivity index (χ2n) is 6.22. The van der Waals surface area contributed by atoms with Crippen LogP contribution in [-0.2, 0) is 15.6 Å². The monoisotopic (exact) mass is 399 g/mol. The Bertz CT molecular complexity index is 991. The fourth-order valence-corrected chi connectivity index (χ4v) is 3.96. The number of nitrogens with zero attached hydrogens (tertiary/aromatic N) is 2. The summed E-state index contributed by atoms with van der Waals surface area (Å²) < 4.78 is 23.1. The van der Waals surface area contributed by atoms with E-state index in [2.05, 4.69) is 27.4 Å². The Labute approximate surface area is 164 Å². The average Bonchev–Trinajstić information content (AvgIpc) is 2.67. The number of aromatic nitrogens is 2. The van der Waals surface area contributed by atoms with Gasteiger partial charge in [0.05, 0.1) is 17.3 Å². The summed E-state index contributed by atoms with van der Waals surface area (Å²) in [5, 5.41) is 4.17. The lowest BCUT2D eigenvalue weighted by Gasteiger charge is -2.15. The van der Waals surface area contributed by atoms with Crippen LogP contribution in [0.1, 0.15) is 24.1 Å². The first-order valence-electron chi connectivity index (χ1n) is 8.47. The second-order valence-corrected chi connectivity index (χ2v) is 9.24. The zero-order chi connectivity index (χ0) is 19.3. The zero-order valence-electron chi connectivity index (χ0n) is 15.2. The summed E-state index contributed by atoms with van der Waals surface area (Å²) in [6.45, 7) is 2.00. The van der Waals surface area contributed by atoms with Gasteiger partial charge in [0.15, 0.2) is 9.84 Å². The molecule has 0 radical (unpaired) electrons. The van der Waals surface area contributed by atoms with Crippen molar-refractivity contribution in [3.05, 3.63) is 78.1 Å². The molecule has 0 aliphatic rings. The van der Waals surface area contributed by atoms with Crippen LogP contribution in [-0.4, -0.2) is 24.6 Å². The Balaban J connectivity index is 1.65. The van der Waals surface area contributed by atoms with E-state index in [9.17, 15) is 8.42 Å². The Hall–Kier alpha value is -2.38. The van der Waals surface area contributed by atoms with E-state index in [0.29, 0.717) is 10.7 Å². The van der Waals surface area contributed by atoms with E-state index < -0.39 is 9.84 Å². The Kier molecular flexibility index (Phi) is 6.13. The van der Waals surface area contributed by atoms with Crippen LogP contribution in [0.5, 0.6) is 0 Å². The summed E-state index contributed by atoms with van der Waals surface area (Å²) in [5.41, 5.74) is 2.22. The third-order valence-electron chi connectivity index (χ3n) is 4.01. The zero-order valence-corrected chi connectivity index (χ0v) is 16.8. The number of benzene rings is 2. The molecular weight excluding hydrogens is 378 g/mol. The van der Waals surface area contributed by atoms with Crippen LogP contribution < -0.4 is 5.32 Å². The molecule has 1 N–H and O–H groups in total. The van der Waals surface area contributed by atoms with E-state index >= 15 is 0 Å². The SMILES string of the molecule is CC(Nc1cncc(SCc2ccccc2)n1)c1ccc(S(C)(=O)=O)cc1. The van der Waals surface area contributed by atoms with Crippen LogP contribution in [0.4, 0.5) is 5.82 Å². The van der Waals surface area contributed by atoms with Gasteiger partial charge in [0.2, 0.25) is 0 Å². The molecule has 0 fully saturated rings. The molecule has 0 aliphatic heterocycles. The minimum Gasteiger partial charge on any atom is -0.362 e. The molecule has 140 valence electrons. The highest BCUT2D eigenvalue weighted by Crippen LogP contribution is 2.23. The van der Waals surface area contributed by atoms with Crippen molar-refractivity contribution in [2.24, 2.45) is 0 Å². The third-order valence-corrected chi connectivity index (χ3v) is 6.11. The van der Waals surface area contributed by atoms with Crippen molar-refractivity contribution in [2.45, 2.75) is 28.6 Å². The Morgan fingerprint density at radius 2 is 1.74 bits per heavy atom. The van der Waals surface area contributed by atoms with Gasteiger partial charge in [-0.1, -0.05) is 42.5 Å². The molecule has 0 saturated carbocycles. The fraction of sp³-hybridized carbons (Fsp3) is 0.200. The molecule has 1 heterocycles. The average molecular weight is 400 g/mol. The number of sulfone groups is 1. The lowest BCUT2D eigenvalue weighted by atomic mass is 10.1. The summed E-state index contributed by atoms with van der Waals surface area (Å²) in [6, 6.07) is 17.1. The number of rotatable bonds is 7. The van der Waals surface area contributed by atoms with Crippen molar-refractivity contribution in [2.75, 3.05) is 11.6 Å². The predicted molar refractivity (Wildman–Crippen MR) is 110 cm³/mol. The molecule has 0 aliphatic carbocycles. The molecule has 1 aromatic heterocycles. The molecule has 3 rings (SSSR count). The first-order valence-corrected chi connectivity index (χ1v) is 11.3. The number of nitrogens with one attached hydrogen (secondary N) is 1. The molecule has 7 heteroatoms. The standard InChI is InChI=1S/C20H21N3O2S2/c1-15(17-8-10-18(11-9-17)27(2,24)25)22-19-12-21-13-20(23-19)26-14-16-6-4-3-5-7-16/h3-13,15H,14H2,1-2H3,(H,22,23). The maximum Gasteiger partial charge on any atom is 0.175 e. The van der Waals surface area contributed by atoms with E-state index in [1.807, 2.05) is 37.3 Å². The van der Waals surface area contributed by atoms with E-state index in [4.69, 9.17) is 0 Å². The van der Waals surface area contributed by atoms with Crippen molar-refractivity contribution in [3.8, 4) is 0 Å². The molecule has 1 unspecified atom stereocenters. The second kappa shape index (κ2) is 8.54. The van der Waals surface area contributed by atoms with Gasteiger partial charge in [-0.2, -0.15) is 0 Å². The first kappa shape index (κ1) is 19.4. The van der Waals surface area contributed by atoms with Crippen molar-refractivity contribution < 1.29 is 8.42 Å². The molecular formula is C20H21N3O2S2. The van der Waals surface area contributed by atoms with Gasteiger partial charge in [0.1, 0.15) is 10.8 Å². The van der Waals surface area contributed by atoms with Gasteiger partial charge in [-0.15, -0.1) is 11.8 Å². The lowest BCUT2D eigenvalue weighted by Crippen LogP contribution is -2.09.